The standard InChI is InChI=1S/C18H15N4O3/c1-11(12-5-3-2-4-6-12)21-17(20)16(10-19)14-8-7-13(22(24)25)9-15(14)18(21)23/h2-9,11,24H,20H2,1H3/q-1. The molecule has 0 aliphatic rings. The molecule has 3 N–H and O–H groups in total. The van der Waals surface area contributed by atoms with Crippen LogP contribution in [0.5, 0.6) is 0 Å². The van der Waals surface area contributed by atoms with E-state index in [-0.39, 0.29) is 27.7 Å². The molecule has 2 aromatic carbocycles. The first-order chi connectivity index (χ1) is 12.0. The second kappa shape index (κ2) is 6.28. The van der Waals surface area contributed by atoms with Gasteiger partial charge < -0.3 is 16.2 Å². The third-order valence-corrected chi connectivity index (χ3v) is 4.24. The molecule has 0 aliphatic carbocycles. The minimum Gasteiger partial charge on any atom is -0.733 e. The number of nitrogen functional groups attached to an aromatic ring is 1. The van der Waals surface area contributed by atoms with Crippen molar-refractivity contribution >= 4 is 22.3 Å². The number of nitrogens with zero attached hydrogens (tertiary/aromatic N) is 3. The molecule has 7 heteroatoms. The average Bonchev–Trinajstić information content (AvgIpc) is 2.62. The van der Waals surface area contributed by atoms with Gasteiger partial charge in [-0.3, -0.25) is 14.6 Å². The predicted molar refractivity (Wildman–Crippen MR) is 95.2 cm³/mol. The van der Waals surface area contributed by atoms with Gasteiger partial charge in [-0.1, -0.05) is 36.4 Å². The van der Waals surface area contributed by atoms with E-state index in [0.29, 0.717) is 5.39 Å². The van der Waals surface area contributed by atoms with Gasteiger partial charge in [-0.2, -0.15) is 5.26 Å². The number of benzene rings is 2. The van der Waals surface area contributed by atoms with E-state index < -0.39 is 11.6 Å². The summed E-state index contributed by atoms with van der Waals surface area (Å²) < 4.78 is 1.33. The average molecular weight is 335 g/mol. The van der Waals surface area contributed by atoms with E-state index >= 15 is 0 Å². The van der Waals surface area contributed by atoms with Crippen LogP contribution in [0.3, 0.4) is 0 Å². The molecule has 3 aromatic rings. The summed E-state index contributed by atoms with van der Waals surface area (Å²) in [5.74, 6) is 0.0621. The Hall–Kier alpha value is -3.34. The quantitative estimate of drug-likeness (QED) is 0.710. The van der Waals surface area contributed by atoms with Crippen LogP contribution < -0.4 is 16.5 Å². The highest BCUT2D eigenvalue weighted by atomic mass is 16.8. The van der Waals surface area contributed by atoms with Gasteiger partial charge in [-0.15, -0.1) is 0 Å². The highest BCUT2D eigenvalue weighted by molar-refractivity contribution is 5.92. The largest absolute Gasteiger partial charge is 0.733 e. The summed E-state index contributed by atoms with van der Waals surface area (Å²) in [7, 11) is 0. The zero-order chi connectivity index (χ0) is 18.1. The maximum Gasteiger partial charge on any atom is 0.260 e. The Bertz CT molecular complexity index is 1040. The molecular formula is C18H15N4O3-. The van der Waals surface area contributed by atoms with Gasteiger partial charge in [-0.25, -0.2) is 0 Å². The summed E-state index contributed by atoms with van der Waals surface area (Å²) >= 11 is 0. The predicted octanol–water partition coefficient (Wildman–Crippen LogP) is 2.76. The Morgan fingerprint density at radius 3 is 2.52 bits per heavy atom. The van der Waals surface area contributed by atoms with E-state index in [9.17, 15) is 15.3 Å². The van der Waals surface area contributed by atoms with Crippen molar-refractivity contribution in [3.05, 3.63) is 75.2 Å². The first-order valence-corrected chi connectivity index (χ1v) is 7.54. The van der Waals surface area contributed by atoms with E-state index in [1.54, 1.807) is 6.92 Å². The number of anilines is 2. The Morgan fingerprint density at radius 2 is 1.92 bits per heavy atom. The Morgan fingerprint density at radius 1 is 1.24 bits per heavy atom. The van der Waals surface area contributed by atoms with Crippen molar-refractivity contribution in [2.45, 2.75) is 13.0 Å². The number of nitrogens with two attached hydrogens (primary N) is 1. The molecule has 0 radical (unpaired) electrons. The van der Waals surface area contributed by atoms with E-state index in [4.69, 9.17) is 10.9 Å². The minimum absolute atomic E-state index is 0.0621. The fourth-order valence-electron chi connectivity index (χ4n) is 2.93. The summed E-state index contributed by atoms with van der Waals surface area (Å²) in [4.78, 5) is 13.0. The highest BCUT2D eigenvalue weighted by Gasteiger charge is 2.19. The van der Waals surface area contributed by atoms with Crippen LogP contribution in [0.4, 0.5) is 11.5 Å². The summed E-state index contributed by atoms with van der Waals surface area (Å²) in [6, 6.07) is 14.9. The first kappa shape index (κ1) is 16.5. The lowest BCUT2D eigenvalue weighted by Gasteiger charge is -2.23. The molecule has 1 aromatic heterocycles. The number of aromatic nitrogens is 1. The smallest absolute Gasteiger partial charge is 0.260 e. The van der Waals surface area contributed by atoms with Crippen LogP contribution in [0.2, 0.25) is 0 Å². The molecule has 0 aliphatic heterocycles. The number of nitriles is 1. The lowest BCUT2D eigenvalue weighted by Crippen LogP contribution is -2.28. The Labute approximate surface area is 143 Å². The molecule has 25 heavy (non-hydrogen) atoms. The van der Waals surface area contributed by atoms with Gasteiger partial charge >= 0.3 is 0 Å². The fourth-order valence-corrected chi connectivity index (χ4v) is 2.93. The number of rotatable bonds is 3. The van der Waals surface area contributed by atoms with Crippen LogP contribution in [0.25, 0.3) is 10.8 Å². The van der Waals surface area contributed by atoms with Crippen molar-refractivity contribution in [1.82, 2.24) is 4.57 Å². The first-order valence-electron chi connectivity index (χ1n) is 7.54. The highest BCUT2D eigenvalue weighted by Crippen LogP contribution is 2.28. The number of hydrogen-bond acceptors (Lipinski definition) is 6. The Balaban J connectivity index is 2.36. The summed E-state index contributed by atoms with van der Waals surface area (Å²) in [6.45, 7) is 1.80. The number of pyridine rings is 1. The van der Waals surface area contributed by atoms with Crippen molar-refractivity contribution in [2.75, 3.05) is 11.0 Å². The van der Waals surface area contributed by atoms with Crippen molar-refractivity contribution in [3.8, 4) is 6.07 Å². The van der Waals surface area contributed by atoms with Crippen LogP contribution >= 0.6 is 0 Å². The monoisotopic (exact) mass is 335 g/mol. The normalized spacial score (nSPS) is 11.9. The molecule has 126 valence electrons. The summed E-state index contributed by atoms with van der Waals surface area (Å²) in [5, 5.41) is 29.9. The second-order valence-electron chi connectivity index (χ2n) is 5.64. The van der Waals surface area contributed by atoms with Crippen LogP contribution in [0.15, 0.2) is 53.3 Å². The molecule has 0 saturated heterocycles. The van der Waals surface area contributed by atoms with E-state index in [0.717, 1.165) is 5.56 Å². The number of fused-ring (bicyclic) bond motifs is 1. The lowest BCUT2D eigenvalue weighted by atomic mass is 10.0. The number of hydrogen-bond donors (Lipinski definition) is 2. The van der Waals surface area contributed by atoms with Gasteiger partial charge in [-0.05, 0) is 24.6 Å². The molecule has 3 rings (SSSR count). The topological polar surface area (TPSA) is 118 Å². The third-order valence-electron chi connectivity index (χ3n) is 4.24. The Kier molecular flexibility index (Phi) is 4.15. The summed E-state index contributed by atoms with van der Waals surface area (Å²) in [6.07, 6.45) is 0. The molecule has 1 unspecified atom stereocenters. The van der Waals surface area contributed by atoms with Crippen molar-refractivity contribution in [2.24, 2.45) is 0 Å². The maximum absolute atomic E-state index is 13.0. The molecule has 0 spiro atoms. The zero-order valence-electron chi connectivity index (χ0n) is 13.4. The van der Waals surface area contributed by atoms with Crippen molar-refractivity contribution in [3.63, 3.8) is 0 Å². The molecular weight excluding hydrogens is 320 g/mol. The van der Waals surface area contributed by atoms with Crippen LogP contribution in [-0.2, 0) is 0 Å². The SMILES string of the molecule is CC(c1ccccc1)n1c(N)c(C#N)c2ccc(N([O-])O)cc2c1=O. The summed E-state index contributed by atoms with van der Waals surface area (Å²) in [5.41, 5.74) is 6.58. The van der Waals surface area contributed by atoms with E-state index in [1.807, 2.05) is 36.4 Å². The molecule has 0 saturated carbocycles. The van der Waals surface area contributed by atoms with Crippen LogP contribution in [-0.4, -0.2) is 9.77 Å². The lowest BCUT2D eigenvalue weighted by molar-refractivity contribution is 0.296. The fraction of sp³-hybridized carbons (Fsp3) is 0.111. The van der Waals surface area contributed by atoms with Crippen LogP contribution in [0, 0.1) is 16.5 Å². The molecule has 0 fully saturated rings. The molecule has 1 heterocycles. The minimum atomic E-state index is -0.438. The maximum atomic E-state index is 13.0. The molecule has 7 nitrogen and oxygen atoms in total. The second-order valence-corrected chi connectivity index (χ2v) is 5.64. The molecule has 0 amide bonds. The van der Waals surface area contributed by atoms with Gasteiger partial charge in [0.2, 0.25) is 0 Å². The van der Waals surface area contributed by atoms with E-state index in [1.165, 1.54) is 22.8 Å². The van der Waals surface area contributed by atoms with Gasteiger partial charge in [0.15, 0.2) is 0 Å². The van der Waals surface area contributed by atoms with Gasteiger partial charge in [0, 0.05) is 5.39 Å². The van der Waals surface area contributed by atoms with E-state index in [2.05, 4.69) is 0 Å². The molecule has 0 bridgehead atoms. The third kappa shape index (κ3) is 2.70. The van der Waals surface area contributed by atoms with Gasteiger partial charge in [0.1, 0.15) is 17.5 Å². The van der Waals surface area contributed by atoms with Crippen LogP contribution in [0.1, 0.15) is 24.1 Å². The zero-order valence-corrected chi connectivity index (χ0v) is 13.4. The van der Waals surface area contributed by atoms with Crippen molar-refractivity contribution < 1.29 is 5.21 Å². The van der Waals surface area contributed by atoms with Crippen molar-refractivity contribution in [1.29, 1.82) is 5.26 Å². The van der Waals surface area contributed by atoms with Gasteiger partial charge in [0.05, 0.1) is 17.1 Å². The van der Waals surface area contributed by atoms with Gasteiger partial charge in [0.25, 0.3) is 5.56 Å². The molecule has 1 atom stereocenters.